The van der Waals surface area contributed by atoms with Crippen molar-refractivity contribution in [3.63, 3.8) is 0 Å². The zero-order valence-corrected chi connectivity index (χ0v) is 12.3. The van der Waals surface area contributed by atoms with E-state index in [1.807, 2.05) is 6.92 Å². The highest BCUT2D eigenvalue weighted by Gasteiger charge is 2.43. The summed E-state index contributed by atoms with van der Waals surface area (Å²) in [5, 5.41) is 10.5. The number of aryl methyl sites for hydroxylation is 1. The first-order valence-corrected chi connectivity index (χ1v) is 7.22. The maximum Gasteiger partial charge on any atom is 0.391 e. The average Bonchev–Trinajstić information content (AvgIpc) is 2.45. The van der Waals surface area contributed by atoms with Gasteiger partial charge in [0.2, 0.25) is 0 Å². The van der Waals surface area contributed by atoms with Gasteiger partial charge in [-0.15, -0.1) is 0 Å². The van der Waals surface area contributed by atoms with Gasteiger partial charge in [0.25, 0.3) is 0 Å². The van der Waals surface area contributed by atoms with Crippen LogP contribution in [0.5, 0.6) is 5.75 Å². The lowest BCUT2D eigenvalue weighted by Gasteiger charge is -2.33. The number of hydrogen-bond donors (Lipinski definition) is 1. The lowest BCUT2D eigenvalue weighted by molar-refractivity contribution is -0.189. The second-order valence-corrected chi connectivity index (χ2v) is 5.83. The highest BCUT2D eigenvalue weighted by Crippen LogP contribution is 2.44. The topological polar surface area (TPSA) is 29.5 Å². The molecule has 0 amide bonds. The zero-order valence-electron chi connectivity index (χ0n) is 12.3. The predicted octanol–water partition coefficient (Wildman–Crippen LogP) is 4.41. The van der Waals surface area contributed by atoms with Gasteiger partial charge in [-0.05, 0) is 55.4 Å². The van der Waals surface area contributed by atoms with Crippen LogP contribution in [-0.2, 0) is 0 Å². The third-order valence-electron chi connectivity index (χ3n) is 4.42. The zero-order chi connectivity index (χ0) is 15.6. The number of halogens is 3. The molecule has 0 saturated heterocycles. The molecule has 3 unspecified atom stereocenters. The van der Waals surface area contributed by atoms with Gasteiger partial charge in [-0.25, -0.2) is 0 Å². The Balaban J connectivity index is 2.14. The Bertz CT molecular complexity index is 485. The van der Waals surface area contributed by atoms with Crippen molar-refractivity contribution in [3.8, 4) is 5.75 Å². The van der Waals surface area contributed by atoms with E-state index in [1.165, 1.54) is 0 Å². The van der Waals surface area contributed by atoms with Crippen LogP contribution in [0.4, 0.5) is 13.2 Å². The molecule has 118 valence electrons. The van der Waals surface area contributed by atoms with Crippen LogP contribution in [0.2, 0.25) is 0 Å². The quantitative estimate of drug-likeness (QED) is 0.896. The highest BCUT2D eigenvalue weighted by atomic mass is 19.4. The summed E-state index contributed by atoms with van der Waals surface area (Å²) >= 11 is 0. The van der Waals surface area contributed by atoms with E-state index >= 15 is 0 Å². The molecule has 5 heteroatoms. The summed E-state index contributed by atoms with van der Waals surface area (Å²) in [6.07, 6.45) is -3.67. The molecular weight excluding hydrogens is 281 g/mol. The van der Waals surface area contributed by atoms with E-state index in [0.29, 0.717) is 24.2 Å². The number of aliphatic hydroxyl groups excluding tert-OH is 1. The second kappa shape index (κ2) is 6.26. The molecule has 1 aromatic rings. The van der Waals surface area contributed by atoms with E-state index in [0.717, 1.165) is 5.56 Å². The van der Waals surface area contributed by atoms with Crippen LogP contribution < -0.4 is 4.74 Å². The summed E-state index contributed by atoms with van der Waals surface area (Å²) in [6.45, 7) is 1.84. The molecule has 1 saturated carbocycles. The van der Waals surface area contributed by atoms with Crippen LogP contribution in [0.1, 0.15) is 42.9 Å². The molecule has 0 aliphatic heterocycles. The minimum absolute atomic E-state index is 0.0101. The first-order chi connectivity index (χ1) is 9.82. The van der Waals surface area contributed by atoms with E-state index < -0.39 is 18.2 Å². The molecule has 1 fully saturated rings. The van der Waals surface area contributed by atoms with Crippen LogP contribution >= 0.6 is 0 Å². The van der Waals surface area contributed by atoms with Gasteiger partial charge in [-0.3, -0.25) is 0 Å². The van der Waals surface area contributed by atoms with Crippen molar-refractivity contribution in [3.05, 3.63) is 29.3 Å². The van der Waals surface area contributed by atoms with Crippen molar-refractivity contribution in [2.24, 2.45) is 11.8 Å². The normalized spacial score (nSPS) is 24.7. The summed E-state index contributed by atoms with van der Waals surface area (Å²) in [5.74, 6) is -0.942. The number of alkyl halides is 3. The SMILES string of the molecule is COc1ccc(C(O)C2CCCC(C(F)(F)F)C2)c(C)c1. The Morgan fingerprint density at radius 2 is 2.00 bits per heavy atom. The van der Waals surface area contributed by atoms with Crippen LogP contribution in [-0.4, -0.2) is 18.4 Å². The molecule has 1 aromatic carbocycles. The first-order valence-electron chi connectivity index (χ1n) is 7.22. The summed E-state index contributed by atoms with van der Waals surface area (Å²) in [6, 6.07) is 5.27. The monoisotopic (exact) mass is 302 g/mol. The van der Waals surface area contributed by atoms with Crippen LogP contribution in [0.15, 0.2) is 18.2 Å². The third-order valence-corrected chi connectivity index (χ3v) is 4.42. The molecule has 1 aliphatic carbocycles. The number of benzene rings is 1. The Kier molecular flexibility index (Phi) is 4.81. The van der Waals surface area contributed by atoms with Gasteiger partial charge in [0.15, 0.2) is 0 Å². The van der Waals surface area contributed by atoms with Crippen molar-refractivity contribution in [1.82, 2.24) is 0 Å². The Labute approximate surface area is 122 Å². The van der Waals surface area contributed by atoms with Gasteiger partial charge in [-0.1, -0.05) is 12.5 Å². The maximum atomic E-state index is 12.9. The summed E-state index contributed by atoms with van der Waals surface area (Å²) < 4.78 is 43.7. The largest absolute Gasteiger partial charge is 0.497 e. The minimum Gasteiger partial charge on any atom is -0.497 e. The number of hydrogen-bond acceptors (Lipinski definition) is 2. The van der Waals surface area contributed by atoms with E-state index in [-0.39, 0.29) is 18.8 Å². The highest BCUT2D eigenvalue weighted by molar-refractivity contribution is 5.36. The number of ether oxygens (including phenoxy) is 1. The van der Waals surface area contributed by atoms with Gasteiger partial charge >= 0.3 is 6.18 Å². The minimum atomic E-state index is -4.16. The molecule has 0 bridgehead atoms. The first kappa shape index (κ1) is 16.1. The van der Waals surface area contributed by atoms with Gasteiger partial charge < -0.3 is 9.84 Å². The van der Waals surface area contributed by atoms with Crippen molar-refractivity contribution in [2.45, 2.75) is 44.9 Å². The fourth-order valence-corrected chi connectivity index (χ4v) is 3.17. The van der Waals surface area contributed by atoms with Crippen LogP contribution in [0, 0.1) is 18.8 Å². The summed E-state index contributed by atoms with van der Waals surface area (Å²) in [5.41, 5.74) is 1.54. The molecule has 0 aromatic heterocycles. The van der Waals surface area contributed by atoms with Gasteiger partial charge in [0, 0.05) is 0 Å². The van der Waals surface area contributed by atoms with Crippen LogP contribution in [0.25, 0.3) is 0 Å². The average molecular weight is 302 g/mol. The van der Waals surface area contributed by atoms with E-state index in [2.05, 4.69) is 0 Å². The number of aliphatic hydroxyl groups is 1. The number of methoxy groups -OCH3 is 1. The lowest BCUT2D eigenvalue weighted by atomic mass is 9.76. The molecule has 3 atom stereocenters. The lowest BCUT2D eigenvalue weighted by Crippen LogP contribution is -2.31. The van der Waals surface area contributed by atoms with Gasteiger partial charge in [0.1, 0.15) is 5.75 Å². The standard InChI is InChI=1S/C16H21F3O2/c1-10-8-13(21-2)6-7-14(10)15(20)11-4-3-5-12(9-11)16(17,18)19/h6-8,11-12,15,20H,3-5,9H2,1-2H3. The molecule has 2 rings (SSSR count). The predicted molar refractivity (Wildman–Crippen MR) is 74.2 cm³/mol. The Hall–Kier alpha value is -1.23. The fraction of sp³-hybridized carbons (Fsp3) is 0.625. The molecule has 1 aliphatic rings. The van der Waals surface area contributed by atoms with Gasteiger partial charge in [0.05, 0.1) is 19.1 Å². The summed E-state index contributed by atoms with van der Waals surface area (Å²) in [7, 11) is 1.56. The third kappa shape index (κ3) is 3.70. The molecule has 1 N–H and O–H groups in total. The van der Waals surface area contributed by atoms with Crippen LogP contribution in [0.3, 0.4) is 0 Å². The van der Waals surface area contributed by atoms with Gasteiger partial charge in [-0.2, -0.15) is 13.2 Å². The fourth-order valence-electron chi connectivity index (χ4n) is 3.17. The van der Waals surface area contributed by atoms with E-state index in [1.54, 1.807) is 25.3 Å². The Morgan fingerprint density at radius 1 is 1.29 bits per heavy atom. The van der Waals surface area contributed by atoms with Crippen molar-refractivity contribution < 1.29 is 23.0 Å². The molecule has 0 spiro atoms. The van der Waals surface area contributed by atoms with E-state index in [9.17, 15) is 18.3 Å². The van der Waals surface area contributed by atoms with Crippen molar-refractivity contribution in [2.75, 3.05) is 7.11 Å². The summed E-state index contributed by atoms with van der Waals surface area (Å²) in [4.78, 5) is 0. The smallest absolute Gasteiger partial charge is 0.391 e. The molecular formula is C16H21F3O2. The van der Waals surface area contributed by atoms with Crippen molar-refractivity contribution in [1.29, 1.82) is 0 Å². The Morgan fingerprint density at radius 3 is 2.57 bits per heavy atom. The number of rotatable bonds is 3. The van der Waals surface area contributed by atoms with Crippen molar-refractivity contribution >= 4 is 0 Å². The molecule has 21 heavy (non-hydrogen) atoms. The van der Waals surface area contributed by atoms with E-state index in [4.69, 9.17) is 4.74 Å². The molecule has 0 radical (unpaired) electrons. The maximum absolute atomic E-state index is 12.9. The molecule has 0 heterocycles. The second-order valence-electron chi connectivity index (χ2n) is 5.83. The molecule has 2 nitrogen and oxygen atoms in total.